The first-order valence-electron chi connectivity index (χ1n) is 7.40. The average molecular weight is 409 g/mol. The van der Waals surface area contributed by atoms with Crippen LogP contribution in [0.1, 0.15) is 25.5 Å². The second kappa shape index (κ2) is 6.18. The Morgan fingerprint density at radius 1 is 1.21 bits per heavy atom. The number of nitrogens with zero attached hydrogens (tertiary/aromatic N) is 3. The maximum Gasteiger partial charge on any atom is 0.262 e. The van der Waals surface area contributed by atoms with Crippen molar-refractivity contribution in [3.8, 4) is 0 Å². The molecule has 0 fully saturated rings. The molecule has 8 heteroatoms. The minimum atomic E-state index is -3.69. The fraction of sp³-hybridized carbons (Fsp3) is 0.250. The number of rotatable bonds is 4. The Morgan fingerprint density at radius 3 is 2.67 bits per heavy atom. The number of benzene rings is 1. The van der Waals surface area contributed by atoms with E-state index in [9.17, 15) is 8.42 Å². The van der Waals surface area contributed by atoms with Gasteiger partial charge in [-0.15, -0.1) is 0 Å². The van der Waals surface area contributed by atoms with E-state index in [0.717, 1.165) is 11.0 Å². The second-order valence-electron chi connectivity index (χ2n) is 5.84. The summed E-state index contributed by atoms with van der Waals surface area (Å²) < 4.78 is 30.4. The third-order valence-electron chi connectivity index (χ3n) is 3.61. The van der Waals surface area contributed by atoms with Gasteiger partial charge in [0.15, 0.2) is 5.65 Å². The van der Waals surface area contributed by atoms with E-state index < -0.39 is 10.0 Å². The van der Waals surface area contributed by atoms with E-state index in [1.165, 1.54) is 6.20 Å². The molecule has 0 radical (unpaired) electrons. The molecule has 24 heavy (non-hydrogen) atoms. The number of pyridine rings is 1. The average Bonchev–Trinajstić information content (AvgIpc) is 2.92. The van der Waals surface area contributed by atoms with E-state index in [4.69, 9.17) is 0 Å². The van der Waals surface area contributed by atoms with Crippen molar-refractivity contribution in [1.29, 1.82) is 0 Å². The van der Waals surface area contributed by atoms with Crippen molar-refractivity contribution in [2.45, 2.75) is 31.7 Å². The van der Waals surface area contributed by atoms with Gasteiger partial charge in [-0.2, -0.15) is 5.10 Å². The molecule has 0 aliphatic rings. The highest BCUT2D eigenvalue weighted by Gasteiger charge is 2.18. The second-order valence-corrected chi connectivity index (χ2v) is 8.40. The highest BCUT2D eigenvalue weighted by Crippen LogP contribution is 2.25. The largest absolute Gasteiger partial charge is 0.278 e. The Labute approximate surface area is 149 Å². The Bertz CT molecular complexity index is 1010. The van der Waals surface area contributed by atoms with Crippen LogP contribution in [0.3, 0.4) is 0 Å². The zero-order valence-electron chi connectivity index (χ0n) is 13.5. The van der Waals surface area contributed by atoms with E-state index in [-0.39, 0.29) is 10.9 Å². The third-order valence-corrected chi connectivity index (χ3v) is 5.63. The first kappa shape index (κ1) is 16.9. The number of hydrogen-bond acceptors (Lipinski definition) is 4. The molecule has 1 aromatic carbocycles. The van der Waals surface area contributed by atoms with Gasteiger partial charge >= 0.3 is 0 Å². The van der Waals surface area contributed by atoms with E-state index in [1.807, 2.05) is 19.9 Å². The lowest BCUT2D eigenvalue weighted by molar-refractivity contribution is 0.546. The minimum Gasteiger partial charge on any atom is -0.278 e. The van der Waals surface area contributed by atoms with Gasteiger partial charge < -0.3 is 0 Å². The summed E-state index contributed by atoms with van der Waals surface area (Å²) in [6, 6.07) is 7.07. The zero-order chi connectivity index (χ0) is 17.5. The lowest BCUT2D eigenvalue weighted by atomic mass is 10.2. The number of anilines is 1. The van der Waals surface area contributed by atoms with Crippen molar-refractivity contribution in [3.05, 3.63) is 46.7 Å². The van der Waals surface area contributed by atoms with Crippen molar-refractivity contribution in [2.75, 3.05) is 4.72 Å². The molecule has 2 aromatic heterocycles. The molecular formula is C16H17BrN4O2S. The number of sulfonamides is 1. The summed E-state index contributed by atoms with van der Waals surface area (Å²) in [6.07, 6.45) is 3.19. The van der Waals surface area contributed by atoms with E-state index in [2.05, 4.69) is 30.7 Å². The quantitative estimate of drug-likeness (QED) is 0.710. The van der Waals surface area contributed by atoms with Crippen LogP contribution in [-0.4, -0.2) is 23.2 Å². The normalized spacial score (nSPS) is 12.0. The predicted octanol–water partition coefficient (Wildman–Crippen LogP) is 3.88. The molecular weight excluding hydrogens is 392 g/mol. The summed E-state index contributed by atoms with van der Waals surface area (Å²) in [6.45, 7) is 5.79. The summed E-state index contributed by atoms with van der Waals surface area (Å²) in [5, 5.41) is 5.07. The maximum atomic E-state index is 12.6. The summed E-state index contributed by atoms with van der Waals surface area (Å²) in [5.41, 5.74) is 1.81. The van der Waals surface area contributed by atoms with Gasteiger partial charge in [0.1, 0.15) is 0 Å². The number of aromatic nitrogens is 3. The lowest BCUT2D eigenvalue weighted by Gasteiger charge is -2.11. The van der Waals surface area contributed by atoms with Crippen molar-refractivity contribution in [2.24, 2.45) is 0 Å². The fourth-order valence-corrected chi connectivity index (χ4v) is 4.27. The minimum absolute atomic E-state index is 0.182. The van der Waals surface area contributed by atoms with Crippen LogP contribution >= 0.6 is 15.9 Å². The third kappa shape index (κ3) is 3.16. The molecule has 3 rings (SSSR count). The zero-order valence-corrected chi connectivity index (χ0v) is 15.9. The van der Waals surface area contributed by atoms with Crippen LogP contribution in [0.15, 0.2) is 46.0 Å². The topological polar surface area (TPSA) is 76.9 Å². The lowest BCUT2D eigenvalue weighted by Crippen LogP contribution is -2.14. The van der Waals surface area contributed by atoms with Gasteiger partial charge in [0.05, 0.1) is 23.0 Å². The molecule has 0 unspecified atom stereocenters. The Balaban J connectivity index is 1.98. The first-order valence-corrected chi connectivity index (χ1v) is 9.68. The molecule has 0 aliphatic carbocycles. The highest BCUT2D eigenvalue weighted by atomic mass is 79.9. The van der Waals surface area contributed by atoms with Crippen LogP contribution in [0.4, 0.5) is 5.69 Å². The Morgan fingerprint density at radius 2 is 1.96 bits per heavy atom. The van der Waals surface area contributed by atoms with Gasteiger partial charge in [0.25, 0.3) is 10.0 Å². The first-order chi connectivity index (χ1) is 11.3. The van der Waals surface area contributed by atoms with Gasteiger partial charge in [-0.25, -0.2) is 18.1 Å². The van der Waals surface area contributed by atoms with Gasteiger partial charge in [0.2, 0.25) is 0 Å². The maximum absolute atomic E-state index is 12.6. The van der Waals surface area contributed by atoms with Gasteiger partial charge in [-0.3, -0.25) is 4.72 Å². The van der Waals surface area contributed by atoms with Crippen LogP contribution in [0, 0.1) is 6.92 Å². The van der Waals surface area contributed by atoms with Crippen LogP contribution in [0.25, 0.3) is 11.0 Å². The number of nitrogens with one attached hydrogen (secondary N) is 1. The smallest absolute Gasteiger partial charge is 0.262 e. The van der Waals surface area contributed by atoms with Crippen LogP contribution < -0.4 is 4.72 Å². The summed E-state index contributed by atoms with van der Waals surface area (Å²) in [7, 11) is -3.69. The fourth-order valence-electron chi connectivity index (χ4n) is 2.45. The number of fused-ring (bicyclic) bond motifs is 1. The van der Waals surface area contributed by atoms with Crippen LogP contribution in [0.2, 0.25) is 0 Å². The molecule has 0 aliphatic heterocycles. The van der Waals surface area contributed by atoms with Crippen LogP contribution in [0.5, 0.6) is 0 Å². The number of aryl methyl sites for hydroxylation is 1. The molecule has 0 bridgehead atoms. The van der Waals surface area contributed by atoms with E-state index in [0.29, 0.717) is 15.7 Å². The van der Waals surface area contributed by atoms with E-state index in [1.54, 1.807) is 36.0 Å². The number of halogens is 1. The molecule has 0 saturated carbocycles. The monoisotopic (exact) mass is 408 g/mol. The standard InChI is InChI=1S/C16H17BrN4O2S/c1-10(2)21-16-12(8-19-21)6-14(9-18-16)20-24(22,23)15-7-13(17)5-4-11(15)3/h4-10,20H,1-3H3. The number of hydrogen-bond donors (Lipinski definition) is 1. The molecule has 0 saturated heterocycles. The SMILES string of the molecule is Cc1ccc(Br)cc1S(=O)(=O)Nc1cnc2c(cnn2C(C)C)c1. The molecule has 0 amide bonds. The molecule has 0 atom stereocenters. The Kier molecular flexibility index (Phi) is 4.35. The van der Waals surface area contributed by atoms with Gasteiger partial charge in [0, 0.05) is 15.9 Å². The highest BCUT2D eigenvalue weighted by molar-refractivity contribution is 9.10. The Hall–Kier alpha value is -1.93. The molecule has 1 N–H and O–H groups in total. The molecule has 3 aromatic rings. The van der Waals surface area contributed by atoms with Crippen molar-refractivity contribution in [3.63, 3.8) is 0 Å². The molecule has 126 valence electrons. The molecule has 2 heterocycles. The molecule has 0 spiro atoms. The van der Waals surface area contributed by atoms with Gasteiger partial charge in [-0.05, 0) is 44.5 Å². The predicted molar refractivity (Wildman–Crippen MR) is 97.6 cm³/mol. The van der Waals surface area contributed by atoms with Crippen LogP contribution in [-0.2, 0) is 10.0 Å². The summed E-state index contributed by atoms with van der Waals surface area (Å²) in [5.74, 6) is 0. The van der Waals surface area contributed by atoms with Gasteiger partial charge in [-0.1, -0.05) is 22.0 Å². The van der Waals surface area contributed by atoms with Crippen molar-refractivity contribution in [1.82, 2.24) is 14.8 Å². The summed E-state index contributed by atoms with van der Waals surface area (Å²) >= 11 is 3.31. The van der Waals surface area contributed by atoms with Crippen molar-refractivity contribution < 1.29 is 8.42 Å². The summed E-state index contributed by atoms with van der Waals surface area (Å²) in [4.78, 5) is 4.58. The van der Waals surface area contributed by atoms with E-state index >= 15 is 0 Å². The molecule has 6 nitrogen and oxygen atoms in total. The van der Waals surface area contributed by atoms with Crippen molar-refractivity contribution >= 4 is 42.7 Å².